The molecule has 11 rings (SSSR count). The highest BCUT2D eigenvalue weighted by molar-refractivity contribution is 7.27. The van der Waals surface area contributed by atoms with Gasteiger partial charge in [0.05, 0.1) is 11.2 Å². The van der Waals surface area contributed by atoms with E-state index in [1.165, 1.54) is 41.0 Å². The fraction of sp³-hybridized carbons (Fsp3) is 0. The van der Waals surface area contributed by atoms with Crippen molar-refractivity contribution in [3.8, 4) is 45.4 Å². The minimum Gasteiger partial charge on any atom is -0.247 e. The summed E-state index contributed by atoms with van der Waals surface area (Å²) in [6.45, 7) is 0. The van der Waals surface area contributed by atoms with E-state index in [0.717, 1.165) is 48.9 Å². The van der Waals surface area contributed by atoms with E-state index >= 15 is 0 Å². The summed E-state index contributed by atoms with van der Waals surface area (Å²) >= 11 is 3.62. The Labute approximate surface area is 306 Å². The fourth-order valence-corrected chi connectivity index (χ4v) is 10.0. The molecular formula is C46H26N4S2. The van der Waals surface area contributed by atoms with E-state index in [-0.39, 0.29) is 0 Å². The zero-order valence-corrected chi connectivity index (χ0v) is 29.2. The van der Waals surface area contributed by atoms with Gasteiger partial charge in [0.2, 0.25) is 0 Å². The van der Waals surface area contributed by atoms with E-state index in [2.05, 4.69) is 140 Å². The number of para-hydroxylation sites is 1. The molecule has 4 nitrogen and oxygen atoms in total. The van der Waals surface area contributed by atoms with Crippen LogP contribution in [0.15, 0.2) is 158 Å². The molecule has 4 aromatic heterocycles. The molecule has 7 aromatic carbocycles. The summed E-state index contributed by atoms with van der Waals surface area (Å²) in [6.07, 6.45) is 0. The van der Waals surface area contributed by atoms with Crippen LogP contribution in [-0.4, -0.2) is 19.9 Å². The van der Waals surface area contributed by atoms with E-state index < -0.39 is 0 Å². The van der Waals surface area contributed by atoms with Crippen molar-refractivity contribution in [2.24, 2.45) is 0 Å². The molecule has 0 spiro atoms. The highest BCUT2D eigenvalue weighted by atomic mass is 32.1. The molecule has 0 unspecified atom stereocenters. The first-order chi connectivity index (χ1) is 25.8. The lowest BCUT2D eigenvalue weighted by molar-refractivity contribution is 1.08. The molecular weight excluding hydrogens is 673 g/mol. The van der Waals surface area contributed by atoms with E-state index in [4.69, 9.17) is 19.9 Å². The second kappa shape index (κ2) is 11.6. The number of thiophene rings is 2. The van der Waals surface area contributed by atoms with Crippen molar-refractivity contribution in [1.82, 2.24) is 19.9 Å². The van der Waals surface area contributed by atoms with E-state index in [9.17, 15) is 0 Å². The molecule has 4 heterocycles. The van der Waals surface area contributed by atoms with Gasteiger partial charge in [0, 0.05) is 78.8 Å². The highest BCUT2D eigenvalue weighted by Gasteiger charge is 2.20. The van der Waals surface area contributed by atoms with Gasteiger partial charge < -0.3 is 0 Å². The van der Waals surface area contributed by atoms with Gasteiger partial charge in [0.25, 0.3) is 0 Å². The Hall–Kier alpha value is -6.34. The molecule has 0 aliphatic heterocycles. The molecule has 0 amide bonds. The normalized spacial score (nSPS) is 11.8. The van der Waals surface area contributed by atoms with Crippen LogP contribution < -0.4 is 0 Å². The number of fused-ring (bicyclic) bond motifs is 10. The van der Waals surface area contributed by atoms with E-state index in [1.54, 1.807) is 11.3 Å². The SMILES string of the molecule is c1ccc(-c2nc(-c3ccc4c(c3)sc3ccccc34)nc(-c3cccc4c3sc3c4ccc4c(-c5ccccc5)nc5ccccc5c43)n2)cc1. The smallest absolute Gasteiger partial charge is 0.165 e. The molecule has 0 saturated carbocycles. The Morgan fingerprint density at radius 3 is 1.81 bits per heavy atom. The van der Waals surface area contributed by atoms with Crippen molar-refractivity contribution in [2.75, 3.05) is 0 Å². The molecule has 0 radical (unpaired) electrons. The lowest BCUT2D eigenvalue weighted by Crippen LogP contribution is -2.00. The van der Waals surface area contributed by atoms with Crippen LogP contribution in [0.3, 0.4) is 0 Å². The zero-order chi connectivity index (χ0) is 34.2. The largest absolute Gasteiger partial charge is 0.247 e. The molecule has 0 aliphatic rings. The first-order valence-electron chi connectivity index (χ1n) is 17.2. The maximum Gasteiger partial charge on any atom is 0.165 e. The predicted molar refractivity (Wildman–Crippen MR) is 220 cm³/mol. The van der Waals surface area contributed by atoms with Crippen LogP contribution >= 0.6 is 22.7 Å². The molecule has 0 N–H and O–H groups in total. The quantitative estimate of drug-likeness (QED) is 0.172. The summed E-state index contributed by atoms with van der Waals surface area (Å²) in [5, 5.41) is 8.47. The Morgan fingerprint density at radius 1 is 0.346 bits per heavy atom. The second-order valence-electron chi connectivity index (χ2n) is 13.0. The van der Waals surface area contributed by atoms with Crippen LogP contribution in [0.25, 0.3) is 107 Å². The Balaban J connectivity index is 1.17. The Bertz CT molecular complexity index is 3180. The minimum absolute atomic E-state index is 0.658. The average molecular weight is 699 g/mol. The summed E-state index contributed by atoms with van der Waals surface area (Å²) < 4.78 is 4.89. The van der Waals surface area contributed by atoms with Crippen molar-refractivity contribution < 1.29 is 0 Å². The highest BCUT2D eigenvalue weighted by Crippen LogP contribution is 2.46. The molecule has 0 saturated heterocycles. The van der Waals surface area contributed by atoms with Crippen LogP contribution in [0.5, 0.6) is 0 Å². The third kappa shape index (κ3) is 4.58. The molecule has 0 bridgehead atoms. The monoisotopic (exact) mass is 698 g/mol. The van der Waals surface area contributed by atoms with E-state index in [0.29, 0.717) is 17.5 Å². The van der Waals surface area contributed by atoms with Crippen molar-refractivity contribution >= 4 is 84.7 Å². The first kappa shape index (κ1) is 29.4. The summed E-state index contributed by atoms with van der Waals surface area (Å²) in [4.78, 5) is 20.6. The van der Waals surface area contributed by atoms with Crippen LogP contribution in [0, 0.1) is 0 Å². The van der Waals surface area contributed by atoms with E-state index in [1.807, 2.05) is 29.5 Å². The van der Waals surface area contributed by atoms with Gasteiger partial charge in [-0.1, -0.05) is 133 Å². The van der Waals surface area contributed by atoms with Gasteiger partial charge in [-0.3, -0.25) is 0 Å². The summed E-state index contributed by atoms with van der Waals surface area (Å²) in [5.74, 6) is 1.99. The van der Waals surface area contributed by atoms with Gasteiger partial charge in [-0.25, -0.2) is 19.9 Å². The molecule has 0 fully saturated rings. The maximum atomic E-state index is 5.23. The number of aromatic nitrogens is 4. The number of benzene rings is 7. The molecule has 11 aromatic rings. The van der Waals surface area contributed by atoms with Crippen LogP contribution in [0.2, 0.25) is 0 Å². The maximum absolute atomic E-state index is 5.23. The van der Waals surface area contributed by atoms with Gasteiger partial charge >= 0.3 is 0 Å². The van der Waals surface area contributed by atoms with Crippen LogP contribution in [-0.2, 0) is 0 Å². The van der Waals surface area contributed by atoms with Crippen LogP contribution in [0.1, 0.15) is 0 Å². The molecule has 0 aliphatic carbocycles. The molecule has 242 valence electrons. The van der Waals surface area contributed by atoms with Gasteiger partial charge in [-0.15, -0.1) is 22.7 Å². The summed E-state index contributed by atoms with van der Waals surface area (Å²) in [6, 6.07) is 55.4. The van der Waals surface area contributed by atoms with Gasteiger partial charge in [-0.2, -0.15) is 0 Å². The molecule has 52 heavy (non-hydrogen) atoms. The standard InChI is InChI=1S/C46H26N4S2/c1-3-12-27(13-4-1)41-35-25-24-33-32-18-11-19-36(42(32)52-43(33)40(35)34-17-7-9-20-37(34)47-41)46-49-44(28-14-5-2-6-15-28)48-45(50-46)29-22-23-31-30-16-8-10-21-38(30)51-39(31)26-29/h1-26H. The van der Waals surface area contributed by atoms with Crippen molar-refractivity contribution in [2.45, 2.75) is 0 Å². The Morgan fingerprint density at radius 2 is 0.962 bits per heavy atom. The number of hydrogen-bond acceptors (Lipinski definition) is 6. The summed E-state index contributed by atoms with van der Waals surface area (Å²) in [5.41, 5.74) is 6.03. The van der Waals surface area contributed by atoms with Crippen LogP contribution in [0.4, 0.5) is 0 Å². The fourth-order valence-electron chi connectivity index (χ4n) is 7.49. The zero-order valence-electron chi connectivity index (χ0n) is 27.6. The lowest BCUT2D eigenvalue weighted by Gasteiger charge is -2.11. The predicted octanol–water partition coefficient (Wildman–Crippen LogP) is 13.0. The molecule has 0 atom stereocenters. The first-order valence-corrected chi connectivity index (χ1v) is 18.9. The van der Waals surface area contributed by atoms with Crippen molar-refractivity contribution in [1.29, 1.82) is 0 Å². The second-order valence-corrected chi connectivity index (χ2v) is 15.1. The van der Waals surface area contributed by atoms with Gasteiger partial charge in [-0.05, 0) is 24.3 Å². The number of pyridine rings is 1. The topological polar surface area (TPSA) is 51.6 Å². The Kier molecular flexibility index (Phi) is 6.56. The van der Waals surface area contributed by atoms with Crippen molar-refractivity contribution in [3.63, 3.8) is 0 Å². The number of nitrogens with zero attached hydrogens (tertiary/aromatic N) is 4. The van der Waals surface area contributed by atoms with Gasteiger partial charge in [0.15, 0.2) is 17.5 Å². The third-order valence-corrected chi connectivity index (χ3v) is 12.3. The molecule has 6 heteroatoms. The van der Waals surface area contributed by atoms with Gasteiger partial charge in [0.1, 0.15) is 0 Å². The average Bonchev–Trinajstić information content (AvgIpc) is 3.79. The third-order valence-electron chi connectivity index (χ3n) is 9.92. The minimum atomic E-state index is 0.658. The lowest BCUT2D eigenvalue weighted by atomic mass is 9.98. The van der Waals surface area contributed by atoms with Crippen molar-refractivity contribution in [3.05, 3.63) is 158 Å². The summed E-state index contributed by atoms with van der Waals surface area (Å²) in [7, 11) is 0. The number of rotatable bonds is 4. The number of hydrogen-bond donors (Lipinski definition) is 0.